The van der Waals surface area contributed by atoms with Gasteiger partial charge in [-0.15, -0.1) is 0 Å². The van der Waals surface area contributed by atoms with Crippen LogP contribution in [0.3, 0.4) is 0 Å². The average Bonchev–Trinajstić information content (AvgIpc) is 3.10. The van der Waals surface area contributed by atoms with Gasteiger partial charge in [-0.1, -0.05) is 11.6 Å². The third-order valence-corrected chi connectivity index (χ3v) is 4.68. The number of benzene rings is 1. The number of nitriles is 1. The Kier molecular flexibility index (Phi) is 6.58. The smallest absolute Gasteiger partial charge is 0.274 e. The number of anilines is 1. The van der Waals surface area contributed by atoms with Crippen molar-refractivity contribution in [2.75, 3.05) is 5.32 Å². The summed E-state index contributed by atoms with van der Waals surface area (Å²) in [6.45, 7) is 3.52. The Morgan fingerprint density at radius 2 is 2.03 bits per heavy atom. The lowest BCUT2D eigenvalue weighted by Gasteiger charge is -2.15. The maximum absolute atomic E-state index is 13.1. The Morgan fingerprint density at radius 1 is 1.29 bits per heavy atom. The SMILES string of the molecule is CC(C)NC(=O)c1cc(C#N)cc(O)c1NC(=O)c1cc(Br)nn1-c1ncccc1Cl. The van der Waals surface area contributed by atoms with E-state index in [1.807, 2.05) is 6.07 Å². The van der Waals surface area contributed by atoms with E-state index in [0.717, 1.165) is 6.07 Å². The summed E-state index contributed by atoms with van der Waals surface area (Å²) in [6.07, 6.45) is 1.50. The van der Waals surface area contributed by atoms with Crippen molar-refractivity contribution < 1.29 is 14.7 Å². The number of hydrogen-bond donors (Lipinski definition) is 3. The van der Waals surface area contributed by atoms with Crippen LogP contribution in [0.1, 0.15) is 40.3 Å². The highest BCUT2D eigenvalue weighted by molar-refractivity contribution is 9.10. The number of aromatic nitrogens is 3. The summed E-state index contributed by atoms with van der Waals surface area (Å²) in [7, 11) is 0. The first-order valence-electron chi connectivity index (χ1n) is 8.97. The number of hydrogen-bond acceptors (Lipinski definition) is 6. The minimum Gasteiger partial charge on any atom is -0.506 e. The summed E-state index contributed by atoms with van der Waals surface area (Å²) in [5.74, 6) is -1.44. The van der Waals surface area contributed by atoms with E-state index in [-0.39, 0.29) is 39.4 Å². The Morgan fingerprint density at radius 3 is 2.68 bits per heavy atom. The molecule has 0 radical (unpaired) electrons. The highest BCUT2D eigenvalue weighted by Crippen LogP contribution is 2.31. The van der Waals surface area contributed by atoms with Crippen molar-refractivity contribution in [3.63, 3.8) is 0 Å². The van der Waals surface area contributed by atoms with Gasteiger partial charge in [-0.05, 0) is 54.0 Å². The highest BCUT2D eigenvalue weighted by Gasteiger charge is 2.23. The fourth-order valence-electron chi connectivity index (χ4n) is 2.73. The van der Waals surface area contributed by atoms with Crippen LogP contribution < -0.4 is 10.6 Å². The van der Waals surface area contributed by atoms with Crippen molar-refractivity contribution >= 4 is 45.0 Å². The third kappa shape index (κ3) is 4.84. The van der Waals surface area contributed by atoms with Crippen LogP contribution in [0.5, 0.6) is 5.75 Å². The van der Waals surface area contributed by atoms with Gasteiger partial charge in [0.2, 0.25) is 0 Å². The van der Waals surface area contributed by atoms with Crippen LogP contribution in [0.15, 0.2) is 41.1 Å². The number of phenolic OH excluding ortho intramolecular Hbond substituents is 1. The van der Waals surface area contributed by atoms with Crippen LogP contribution >= 0.6 is 27.5 Å². The van der Waals surface area contributed by atoms with Gasteiger partial charge < -0.3 is 15.7 Å². The zero-order valence-electron chi connectivity index (χ0n) is 16.3. The zero-order chi connectivity index (χ0) is 22.7. The van der Waals surface area contributed by atoms with Crippen molar-refractivity contribution in [3.8, 4) is 17.6 Å². The van der Waals surface area contributed by atoms with Gasteiger partial charge in [-0.2, -0.15) is 10.4 Å². The summed E-state index contributed by atoms with van der Waals surface area (Å²) < 4.78 is 1.58. The summed E-state index contributed by atoms with van der Waals surface area (Å²) >= 11 is 9.41. The van der Waals surface area contributed by atoms with E-state index in [4.69, 9.17) is 11.6 Å². The number of rotatable bonds is 5. The molecular weight excluding hydrogens is 488 g/mol. The molecular formula is C20H16BrClN6O3. The van der Waals surface area contributed by atoms with Gasteiger partial charge in [0.15, 0.2) is 5.82 Å². The van der Waals surface area contributed by atoms with E-state index < -0.39 is 17.6 Å². The number of carbonyl (C=O) groups excluding carboxylic acids is 2. The summed E-state index contributed by atoms with van der Waals surface area (Å²) in [6, 6.07) is 8.79. The van der Waals surface area contributed by atoms with Gasteiger partial charge in [-0.25, -0.2) is 9.67 Å². The lowest BCUT2D eigenvalue weighted by Crippen LogP contribution is -2.31. The Labute approximate surface area is 190 Å². The lowest BCUT2D eigenvalue weighted by molar-refractivity contribution is 0.0943. The third-order valence-electron chi connectivity index (χ3n) is 4.00. The summed E-state index contributed by atoms with van der Waals surface area (Å²) in [4.78, 5) is 29.8. The molecule has 31 heavy (non-hydrogen) atoms. The van der Waals surface area contributed by atoms with Gasteiger partial charge in [0.25, 0.3) is 11.8 Å². The molecule has 0 unspecified atom stereocenters. The minimum absolute atomic E-state index is 0.0476. The summed E-state index contributed by atoms with van der Waals surface area (Å²) in [5.41, 5.74) is -0.0818. The normalized spacial score (nSPS) is 10.6. The number of aromatic hydroxyl groups is 1. The second-order valence-corrected chi connectivity index (χ2v) is 7.90. The summed E-state index contributed by atoms with van der Waals surface area (Å²) in [5, 5.41) is 29.3. The molecule has 0 aliphatic carbocycles. The van der Waals surface area contributed by atoms with Crippen LogP contribution in [-0.4, -0.2) is 37.7 Å². The topological polar surface area (TPSA) is 133 Å². The first-order chi connectivity index (χ1) is 14.7. The number of nitrogens with one attached hydrogen (secondary N) is 2. The second-order valence-electron chi connectivity index (χ2n) is 6.68. The van der Waals surface area contributed by atoms with Gasteiger partial charge in [0.1, 0.15) is 16.0 Å². The van der Waals surface area contributed by atoms with Crippen LogP contribution in [-0.2, 0) is 0 Å². The van der Waals surface area contributed by atoms with Crippen LogP contribution in [0.2, 0.25) is 5.02 Å². The largest absolute Gasteiger partial charge is 0.506 e. The average molecular weight is 504 g/mol. The molecule has 2 amide bonds. The molecule has 0 saturated carbocycles. The van der Waals surface area contributed by atoms with Crippen molar-refractivity contribution in [1.82, 2.24) is 20.1 Å². The second kappa shape index (κ2) is 9.16. The van der Waals surface area contributed by atoms with Gasteiger partial charge in [-0.3, -0.25) is 9.59 Å². The molecule has 0 bridgehead atoms. The van der Waals surface area contributed by atoms with Crippen molar-refractivity contribution in [3.05, 3.63) is 63.0 Å². The van der Waals surface area contributed by atoms with Crippen LogP contribution in [0, 0.1) is 11.3 Å². The van der Waals surface area contributed by atoms with E-state index in [1.165, 1.54) is 23.0 Å². The fourth-order valence-corrected chi connectivity index (χ4v) is 3.30. The zero-order valence-corrected chi connectivity index (χ0v) is 18.7. The Balaban J connectivity index is 2.05. The molecule has 0 fully saturated rings. The molecule has 11 heteroatoms. The maximum Gasteiger partial charge on any atom is 0.274 e. The number of phenols is 1. The molecule has 3 rings (SSSR count). The molecule has 0 aliphatic heterocycles. The van der Waals surface area contributed by atoms with Crippen LogP contribution in [0.25, 0.3) is 5.82 Å². The number of pyridine rings is 1. The van der Waals surface area contributed by atoms with E-state index >= 15 is 0 Å². The number of amides is 2. The molecule has 2 heterocycles. The monoisotopic (exact) mass is 502 g/mol. The van der Waals surface area contributed by atoms with E-state index in [2.05, 4.69) is 36.6 Å². The van der Waals surface area contributed by atoms with E-state index in [1.54, 1.807) is 26.0 Å². The molecule has 0 atom stereocenters. The highest BCUT2D eigenvalue weighted by atomic mass is 79.9. The molecule has 2 aromatic heterocycles. The number of carbonyl (C=O) groups is 2. The molecule has 0 saturated heterocycles. The minimum atomic E-state index is -0.682. The standard InChI is InChI=1S/C20H16BrClN6O3/c1-10(2)25-19(30)12-6-11(9-23)7-15(29)17(12)26-20(31)14-8-16(21)27-28(14)18-13(22)4-3-5-24-18/h3-8,10,29H,1-2H3,(H,25,30)(H,26,31). The predicted octanol–water partition coefficient (Wildman–Crippen LogP) is 3.65. The quantitative estimate of drug-likeness (QED) is 0.455. The molecule has 3 N–H and O–H groups in total. The van der Waals surface area contributed by atoms with Gasteiger partial charge in [0, 0.05) is 18.3 Å². The van der Waals surface area contributed by atoms with Crippen molar-refractivity contribution in [2.45, 2.75) is 19.9 Å². The molecule has 0 aliphatic rings. The van der Waals surface area contributed by atoms with Crippen molar-refractivity contribution in [1.29, 1.82) is 5.26 Å². The molecule has 9 nitrogen and oxygen atoms in total. The van der Waals surface area contributed by atoms with Crippen molar-refractivity contribution in [2.24, 2.45) is 0 Å². The first kappa shape index (κ1) is 22.3. The Hall–Kier alpha value is -3.42. The Bertz CT molecular complexity index is 1220. The molecule has 0 spiro atoms. The number of halogens is 2. The molecule has 3 aromatic rings. The fraction of sp³-hybridized carbons (Fsp3) is 0.150. The van der Waals surface area contributed by atoms with Gasteiger partial charge in [0.05, 0.1) is 27.9 Å². The predicted molar refractivity (Wildman–Crippen MR) is 117 cm³/mol. The van der Waals surface area contributed by atoms with Gasteiger partial charge >= 0.3 is 0 Å². The molecule has 158 valence electrons. The van der Waals surface area contributed by atoms with E-state index in [9.17, 15) is 20.0 Å². The maximum atomic E-state index is 13.1. The lowest BCUT2D eigenvalue weighted by atomic mass is 10.1. The molecule has 1 aromatic carbocycles. The van der Waals surface area contributed by atoms with Crippen LogP contribution in [0.4, 0.5) is 5.69 Å². The number of nitrogens with zero attached hydrogens (tertiary/aromatic N) is 4. The first-order valence-corrected chi connectivity index (χ1v) is 10.1. The van der Waals surface area contributed by atoms with E-state index in [0.29, 0.717) is 4.60 Å².